The van der Waals surface area contributed by atoms with Crippen molar-refractivity contribution in [3.05, 3.63) is 36.0 Å². The van der Waals surface area contributed by atoms with Crippen molar-refractivity contribution in [2.24, 2.45) is 5.92 Å². The van der Waals surface area contributed by atoms with E-state index in [1.807, 2.05) is 24.3 Å². The maximum atomic E-state index is 14.2. The van der Waals surface area contributed by atoms with Gasteiger partial charge in [0.1, 0.15) is 23.6 Å². The van der Waals surface area contributed by atoms with Crippen molar-refractivity contribution in [2.45, 2.75) is 50.6 Å². The standard InChI is InChI=1S/C22H27FN2O4/c1-13(23)22(27)12-25-9-7-15(22)10-20(25)21(29-14(2)26)17-6-8-24-19-5-4-16(28-3)11-18(17)19/h4-6,8,11,13,15,20-21,27H,7,9-10,12H2,1-3H3/t13?,15-,20-,21-,22-/m0/s1. The number of carbonyl (C=O) groups excluding carboxylic acids is 1. The smallest absolute Gasteiger partial charge is 0.303 e. The van der Waals surface area contributed by atoms with E-state index >= 15 is 0 Å². The van der Waals surface area contributed by atoms with Crippen LogP contribution in [0.1, 0.15) is 38.4 Å². The molecule has 0 radical (unpaired) electrons. The van der Waals surface area contributed by atoms with Gasteiger partial charge in [-0.3, -0.25) is 14.7 Å². The molecule has 2 unspecified atom stereocenters. The second-order valence-corrected chi connectivity index (χ2v) is 8.18. The Morgan fingerprint density at radius 2 is 2.21 bits per heavy atom. The van der Waals surface area contributed by atoms with Crippen LogP contribution in [0, 0.1) is 5.92 Å². The van der Waals surface area contributed by atoms with Gasteiger partial charge < -0.3 is 14.6 Å². The predicted octanol–water partition coefficient (Wildman–Crippen LogP) is 3.03. The van der Waals surface area contributed by atoms with Gasteiger partial charge >= 0.3 is 5.97 Å². The second kappa shape index (κ2) is 7.54. The highest BCUT2D eigenvalue weighted by Gasteiger charge is 2.54. The molecule has 29 heavy (non-hydrogen) atoms. The van der Waals surface area contributed by atoms with Crippen molar-refractivity contribution in [3.63, 3.8) is 0 Å². The van der Waals surface area contributed by atoms with E-state index in [2.05, 4.69) is 9.88 Å². The summed E-state index contributed by atoms with van der Waals surface area (Å²) in [6, 6.07) is 7.34. The summed E-state index contributed by atoms with van der Waals surface area (Å²) in [5, 5.41) is 11.7. The van der Waals surface area contributed by atoms with Crippen LogP contribution in [0.25, 0.3) is 10.9 Å². The summed E-state index contributed by atoms with van der Waals surface area (Å²) < 4.78 is 25.4. The Balaban J connectivity index is 1.76. The van der Waals surface area contributed by atoms with Gasteiger partial charge in [0, 0.05) is 30.6 Å². The number of hydrogen-bond donors (Lipinski definition) is 1. The fourth-order valence-electron chi connectivity index (χ4n) is 4.97. The molecule has 3 fully saturated rings. The quantitative estimate of drug-likeness (QED) is 0.775. The Labute approximate surface area is 169 Å². The number of pyridine rings is 1. The summed E-state index contributed by atoms with van der Waals surface area (Å²) in [6.07, 6.45) is 1.16. The molecule has 6 atom stereocenters. The van der Waals surface area contributed by atoms with Gasteiger partial charge in [-0.05, 0) is 56.5 Å². The maximum Gasteiger partial charge on any atom is 0.303 e. The average molecular weight is 402 g/mol. The second-order valence-electron chi connectivity index (χ2n) is 8.18. The normalized spacial score (nSPS) is 30.7. The third kappa shape index (κ3) is 3.46. The molecule has 0 saturated carbocycles. The Kier molecular flexibility index (Phi) is 5.21. The molecule has 7 heteroatoms. The zero-order valence-corrected chi connectivity index (χ0v) is 17.0. The van der Waals surface area contributed by atoms with Gasteiger partial charge in [-0.25, -0.2) is 4.39 Å². The number of methoxy groups -OCH3 is 1. The summed E-state index contributed by atoms with van der Waals surface area (Å²) in [5.74, 6) is 0.150. The fraction of sp³-hybridized carbons (Fsp3) is 0.545. The zero-order valence-electron chi connectivity index (χ0n) is 17.0. The zero-order chi connectivity index (χ0) is 20.8. The number of piperidine rings is 3. The van der Waals surface area contributed by atoms with Gasteiger partial charge in [-0.1, -0.05) is 0 Å². The molecule has 3 aliphatic heterocycles. The average Bonchev–Trinajstić information content (AvgIpc) is 2.71. The van der Waals surface area contributed by atoms with Gasteiger partial charge in [0.15, 0.2) is 0 Å². The van der Waals surface area contributed by atoms with Crippen LogP contribution >= 0.6 is 0 Å². The Hall–Kier alpha value is -2.25. The first kappa shape index (κ1) is 20.0. The SMILES string of the molecule is COc1ccc2nccc([C@H](OC(C)=O)[C@@H]3C[C@@H]4CCN3C[C@]4(O)C(C)F)c2c1. The summed E-state index contributed by atoms with van der Waals surface area (Å²) in [6.45, 7) is 3.80. The minimum atomic E-state index is -1.35. The lowest BCUT2D eigenvalue weighted by Gasteiger charge is -2.56. The highest BCUT2D eigenvalue weighted by molar-refractivity contribution is 5.84. The van der Waals surface area contributed by atoms with E-state index in [4.69, 9.17) is 9.47 Å². The lowest BCUT2D eigenvalue weighted by Crippen LogP contribution is -2.67. The Morgan fingerprint density at radius 1 is 1.41 bits per heavy atom. The molecule has 3 aliphatic rings. The third-order valence-electron chi connectivity index (χ3n) is 6.54. The van der Waals surface area contributed by atoms with Gasteiger partial charge in [0.2, 0.25) is 0 Å². The number of rotatable bonds is 5. The highest BCUT2D eigenvalue weighted by Crippen LogP contribution is 2.46. The van der Waals surface area contributed by atoms with Crippen molar-refractivity contribution < 1.29 is 23.8 Å². The Morgan fingerprint density at radius 3 is 2.83 bits per heavy atom. The number of halogens is 1. The lowest BCUT2D eigenvalue weighted by atomic mass is 9.69. The van der Waals surface area contributed by atoms with Crippen molar-refractivity contribution in [1.82, 2.24) is 9.88 Å². The first-order valence-corrected chi connectivity index (χ1v) is 10.0. The molecule has 2 aromatic rings. The molecule has 2 bridgehead atoms. The minimum Gasteiger partial charge on any atom is -0.497 e. The molecule has 0 amide bonds. The molecule has 3 saturated heterocycles. The molecule has 5 rings (SSSR count). The summed E-state index contributed by atoms with van der Waals surface area (Å²) in [4.78, 5) is 18.5. The minimum absolute atomic E-state index is 0.131. The number of aliphatic hydroxyl groups is 1. The van der Waals surface area contributed by atoms with Crippen molar-refractivity contribution in [1.29, 1.82) is 0 Å². The van der Waals surface area contributed by atoms with E-state index in [9.17, 15) is 14.3 Å². The maximum absolute atomic E-state index is 14.2. The third-order valence-corrected chi connectivity index (χ3v) is 6.54. The van der Waals surface area contributed by atoms with E-state index in [1.165, 1.54) is 13.8 Å². The number of esters is 1. The number of hydrogen-bond acceptors (Lipinski definition) is 6. The monoisotopic (exact) mass is 402 g/mol. The van der Waals surface area contributed by atoms with Crippen LogP contribution in [-0.2, 0) is 9.53 Å². The summed E-state index contributed by atoms with van der Waals surface area (Å²) >= 11 is 0. The van der Waals surface area contributed by atoms with Crippen molar-refractivity contribution in [2.75, 3.05) is 20.2 Å². The number of nitrogens with zero attached hydrogens (tertiary/aromatic N) is 2. The van der Waals surface area contributed by atoms with E-state index in [1.54, 1.807) is 13.3 Å². The number of aromatic nitrogens is 1. The van der Waals surface area contributed by atoms with Crippen LogP contribution in [-0.4, -0.2) is 59.0 Å². The van der Waals surface area contributed by atoms with E-state index in [-0.39, 0.29) is 24.5 Å². The van der Waals surface area contributed by atoms with Gasteiger partial charge in [0.25, 0.3) is 0 Å². The van der Waals surface area contributed by atoms with E-state index in [0.29, 0.717) is 12.2 Å². The molecule has 1 N–H and O–H groups in total. The van der Waals surface area contributed by atoms with Crippen molar-refractivity contribution in [3.8, 4) is 5.75 Å². The summed E-state index contributed by atoms with van der Waals surface area (Å²) in [7, 11) is 1.60. The molecular formula is C22H27FN2O4. The van der Waals surface area contributed by atoms with Gasteiger partial charge in [0.05, 0.1) is 18.7 Å². The van der Waals surface area contributed by atoms with Crippen LogP contribution in [0.2, 0.25) is 0 Å². The molecule has 0 aliphatic carbocycles. The van der Waals surface area contributed by atoms with Crippen LogP contribution in [0.15, 0.2) is 30.5 Å². The molecule has 156 valence electrons. The number of ether oxygens (including phenoxy) is 2. The van der Waals surface area contributed by atoms with Gasteiger partial charge in [-0.2, -0.15) is 0 Å². The van der Waals surface area contributed by atoms with Crippen LogP contribution < -0.4 is 4.74 Å². The number of alkyl halides is 1. The fourth-order valence-corrected chi connectivity index (χ4v) is 4.97. The van der Waals surface area contributed by atoms with E-state index in [0.717, 1.165) is 29.4 Å². The Bertz CT molecular complexity index is 921. The van der Waals surface area contributed by atoms with Crippen molar-refractivity contribution >= 4 is 16.9 Å². The number of fused-ring (bicyclic) bond motifs is 4. The van der Waals surface area contributed by atoms with Crippen LogP contribution in [0.3, 0.4) is 0 Å². The van der Waals surface area contributed by atoms with Crippen LogP contribution in [0.4, 0.5) is 4.39 Å². The largest absolute Gasteiger partial charge is 0.497 e. The first-order chi connectivity index (χ1) is 13.8. The predicted molar refractivity (Wildman–Crippen MR) is 106 cm³/mol. The first-order valence-electron chi connectivity index (χ1n) is 10.0. The molecule has 1 aromatic heterocycles. The number of benzene rings is 1. The van der Waals surface area contributed by atoms with E-state index < -0.39 is 17.9 Å². The molecular weight excluding hydrogens is 375 g/mol. The molecule has 1 aromatic carbocycles. The topological polar surface area (TPSA) is 71.9 Å². The highest BCUT2D eigenvalue weighted by atomic mass is 19.1. The molecule has 4 heterocycles. The van der Waals surface area contributed by atoms with Gasteiger partial charge in [-0.15, -0.1) is 0 Å². The summed E-state index contributed by atoms with van der Waals surface area (Å²) in [5.41, 5.74) is 0.280. The molecule has 0 spiro atoms. The van der Waals surface area contributed by atoms with Crippen LogP contribution in [0.5, 0.6) is 5.75 Å². The molecule has 6 nitrogen and oxygen atoms in total. The number of carbonyl (C=O) groups is 1. The lowest BCUT2D eigenvalue weighted by molar-refractivity contribution is -0.187.